The zero-order valence-electron chi connectivity index (χ0n) is 10.0. The number of nitrogens with zero attached hydrogens (tertiary/aromatic N) is 1. The third-order valence-corrected chi connectivity index (χ3v) is 2.93. The lowest BCUT2D eigenvalue weighted by Crippen LogP contribution is -2.30. The number of ketones is 1. The smallest absolute Gasteiger partial charge is 0.131 e. The molecule has 0 bridgehead atoms. The van der Waals surface area contributed by atoms with Crippen LogP contribution in [0.4, 0.5) is 0 Å². The van der Waals surface area contributed by atoms with Crippen molar-refractivity contribution in [2.75, 3.05) is 7.05 Å². The first-order valence-corrected chi connectivity index (χ1v) is 5.81. The topological polar surface area (TPSA) is 20.3 Å². The number of carbonyl (C=O) groups excluding carboxylic acids is 1. The van der Waals surface area contributed by atoms with Crippen molar-refractivity contribution >= 4 is 17.4 Å². The summed E-state index contributed by atoms with van der Waals surface area (Å²) in [5.74, 6) is 0.232. The average Bonchev–Trinajstić information content (AvgIpc) is 2.20. The standard InChI is InChI=1S/C13H18ClNO/c1-10(8-11(2)16)15(3)9-12-4-6-13(14)7-5-12/h4-7,10H,8-9H2,1-3H3. The summed E-state index contributed by atoms with van der Waals surface area (Å²) in [5, 5.41) is 0.753. The van der Waals surface area contributed by atoms with Crippen molar-refractivity contribution in [2.24, 2.45) is 0 Å². The Morgan fingerprint density at radius 2 is 1.94 bits per heavy atom. The lowest BCUT2D eigenvalue weighted by molar-refractivity contribution is -0.118. The second kappa shape index (κ2) is 6.02. The lowest BCUT2D eigenvalue weighted by Gasteiger charge is -2.23. The van der Waals surface area contributed by atoms with Crippen molar-refractivity contribution in [3.63, 3.8) is 0 Å². The van der Waals surface area contributed by atoms with Gasteiger partial charge in [-0.2, -0.15) is 0 Å². The van der Waals surface area contributed by atoms with Crippen molar-refractivity contribution < 1.29 is 4.79 Å². The molecule has 3 heteroatoms. The summed E-state index contributed by atoms with van der Waals surface area (Å²) in [5.41, 5.74) is 1.21. The highest BCUT2D eigenvalue weighted by atomic mass is 35.5. The highest BCUT2D eigenvalue weighted by Crippen LogP contribution is 2.12. The van der Waals surface area contributed by atoms with Gasteiger partial charge in [-0.05, 0) is 38.6 Å². The molecule has 1 aromatic carbocycles. The van der Waals surface area contributed by atoms with E-state index in [1.807, 2.05) is 31.3 Å². The maximum atomic E-state index is 11.0. The SMILES string of the molecule is CC(=O)CC(C)N(C)Cc1ccc(Cl)cc1. The van der Waals surface area contributed by atoms with E-state index in [0.29, 0.717) is 6.42 Å². The van der Waals surface area contributed by atoms with Gasteiger partial charge in [-0.1, -0.05) is 23.7 Å². The van der Waals surface area contributed by atoms with Crippen molar-refractivity contribution in [3.05, 3.63) is 34.9 Å². The van der Waals surface area contributed by atoms with Gasteiger partial charge in [0, 0.05) is 24.0 Å². The highest BCUT2D eigenvalue weighted by Gasteiger charge is 2.11. The molecule has 0 N–H and O–H groups in total. The van der Waals surface area contributed by atoms with Crippen LogP contribution < -0.4 is 0 Å². The zero-order chi connectivity index (χ0) is 12.1. The highest BCUT2D eigenvalue weighted by molar-refractivity contribution is 6.30. The molecule has 1 unspecified atom stereocenters. The van der Waals surface area contributed by atoms with Crippen LogP contribution in [0.3, 0.4) is 0 Å². The minimum absolute atomic E-state index is 0.232. The van der Waals surface area contributed by atoms with Crippen LogP contribution in [0.15, 0.2) is 24.3 Å². The van der Waals surface area contributed by atoms with E-state index in [1.54, 1.807) is 6.92 Å². The van der Waals surface area contributed by atoms with E-state index in [0.717, 1.165) is 11.6 Å². The first kappa shape index (κ1) is 13.2. The van der Waals surface area contributed by atoms with Gasteiger partial charge in [-0.25, -0.2) is 0 Å². The summed E-state index contributed by atoms with van der Waals surface area (Å²) in [7, 11) is 2.03. The summed E-state index contributed by atoms with van der Waals surface area (Å²) in [6, 6.07) is 8.08. The van der Waals surface area contributed by atoms with Crippen LogP contribution in [-0.2, 0) is 11.3 Å². The van der Waals surface area contributed by atoms with Gasteiger partial charge >= 0.3 is 0 Å². The lowest BCUT2D eigenvalue weighted by atomic mass is 10.1. The predicted molar refractivity (Wildman–Crippen MR) is 67.7 cm³/mol. The summed E-state index contributed by atoms with van der Waals surface area (Å²) in [6.45, 7) is 4.54. The molecule has 0 saturated carbocycles. The molecule has 0 aliphatic heterocycles. The Morgan fingerprint density at radius 3 is 2.44 bits per heavy atom. The van der Waals surface area contributed by atoms with Crippen molar-refractivity contribution in [2.45, 2.75) is 32.9 Å². The fourth-order valence-electron chi connectivity index (χ4n) is 1.61. The molecule has 2 nitrogen and oxygen atoms in total. The number of hydrogen-bond acceptors (Lipinski definition) is 2. The van der Waals surface area contributed by atoms with Gasteiger partial charge in [0.25, 0.3) is 0 Å². The molecule has 0 aromatic heterocycles. The van der Waals surface area contributed by atoms with E-state index >= 15 is 0 Å². The summed E-state index contributed by atoms with van der Waals surface area (Å²) >= 11 is 5.82. The number of Topliss-reactive ketones (excluding diaryl/α,β-unsaturated/α-hetero) is 1. The van der Waals surface area contributed by atoms with E-state index in [9.17, 15) is 4.79 Å². The van der Waals surface area contributed by atoms with Crippen LogP contribution in [0, 0.1) is 0 Å². The average molecular weight is 240 g/mol. The molecule has 88 valence electrons. The second-order valence-electron chi connectivity index (χ2n) is 4.30. The van der Waals surface area contributed by atoms with Crippen molar-refractivity contribution in [3.8, 4) is 0 Å². The molecule has 0 aliphatic rings. The van der Waals surface area contributed by atoms with Crippen LogP contribution in [0.25, 0.3) is 0 Å². The van der Waals surface area contributed by atoms with Crippen molar-refractivity contribution in [1.82, 2.24) is 4.90 Å². The van der Waals surface area contributed by atoms with Gasteiger partial charge in [-0.3, -0.25) is 9.69 Å². The molecule has 0 saturated heterocycles. The number of carbonyl (C=O) groups is 1. The Kier molecular flexibility index (Phi) is 4.97. The van der Waals surface area contributed by atoms with E-state index in [4.69, 9.17) is 11.6 Å². The molecule has 0 spiro atoms. The molecule has 0 fully saturated rings. The predicted octanol–water partition coefficient (Wildman–Crippen LogP) is 3.14. The monoisotopic (exact) mass is 239 g/mol. The molecular formula is C13H18ClNO. The van der Waals surface area contributed by atoms with Crippen LogP contribution >= 0.6 is 11.6 Å². The van der Waals surface area contributed by atoms with E-state index in [2.05, 4.69) is 11.8 Å². The van der Waals surface area contributed by atoms with E-state index in [-0.39, 0.29) is 11.8 Å². The van der Waals surface area contributed by atoms with Gasteiger partial charge in [0.1, 0.15) is 5.78 Å². The first-order chi connectivity index (χ1) is 7.49. The summed E-state index contributed by atoms with van der Waals surface area (Å²) in [6.07, 6.45) is 0.601. The Hall–Kier alpha value is -0.860. The minimum atomic E-state index is 0.232. The van der Waals surface area contributed by atoms with Crippen molar-refractivity contribution in [1.29, 1.82) is 0 Å². The van der Waals surface area contributed by atoms with Crippen LogP contribution in [0.2, 0.25) is 5.02 Å². The molecule has 16 heavy (non-hydrogen) atoms. The molecular weight excluding hydrogens is 222 g/mol. The third kappa shape index (κ3) is 4.33. The third-order valence-electron chi connectivity index (χ3n) is 2.68. The Balaban J connectivity index is 2.53. The fourth-order valence-corrected chi connectivity index (χ4v) is 1.73. The summed E-state index contributed by atoms with van der Waals surface area (Å²) < 4.78 is 0. The van der Waals surface area contributed by atoms with E-state index in [1.165, 1.54) is 5.56 Å². The number of hydrogen-bond donors (Lipinski definition) is 0. The molecule has 1 rings (SSSR count). The Labute approximate surface area is 102 Å². The molecule has 0 amide bonds. The molecule has 1 atom stereocenters. The zero-order valence-corrected chi connectivity index (χ0v) is 10.8. The number of benzene rings is 1. The molecule has 0 heterocycles. The Bertz CT molecular complexity index is 347. The molecule has 0 aliphatic carbocycles. The largest absolute Gasteiger partial charge is 0.300 e. The van der Waals surface area contributed by atoms with Crippen LogP contribution in [0.5, 0.6) is 0 Å². The van der Waals surface area contributed by atoms with E-state index < -0.39 is 0 Å². The maximum Gasteiger partial charge on any atom is 0.131 e. The van der Waals surface area contributed by atoms with Gasteiger partial charge in [0.05, 0.1) is 0 Å². The van der Waals surface area contributed by atoms with Crippen LogP contribution in [-0.4, -0.2) is 23.8 Å². The quantitative estimate of drug-likeness (QED) is 0.787. The number of rotatable bonds is 5. The molecule has 0 radical (unpaired) electrons. The number of halogens is 1. The first-order valence-electron chi connectivity index (χ1n) is 5.43. The second-order valence-corrected chi connectivity index (χ2v) is 4.73. The van der Waals surface area contributed by atoms with Gasteiger partial charge in [-0.15, -0.1) is 0 Å². The fraction of sp³-hybridized carbons (Fsp3) is 0.462. The Morgan fingerprint density at radius 1 is 1.38 bits per heavy atom. The summed E-state index contributed by atoms with van der Waals surface area (Å²) in [4.78, 5) is 13.2. The van der Waals surface area contributed by atoms with Gasteiger partial charge < -0.3 is 0 Å². The minimum Gasteiger partial charge on any atom is -0.300 e. The normalized spacial score (nSPS) is 12.8. The van der Waals surface area contributed by atoms with Crippen LogP contribution in [0.1, 0.15) is 25.8 Å². The maximum absolute atomic E-state index is 11.0. The molecule has 1 aromatic rings. The van der Waals surface area contributed by atoms with Gasteiger partial charge in [0.15, 0.2) is 0 Å². The van der Waals surface area contributed by atoms with Gasteiger partial charge in [0.2, 0.25) is 0 Å².